The van der Waals surface area contributed by atoms with Crippen LogP contribution in [-0.4, -0.2) is 154 Å². The van der Waals surface area contributed by atoms with E-state index in [1.807, 2.05) is 38.7 Å². The van der Waals surface area contributed by atoms with E-state index >= 15 is 0 Å². The number of hydrogen-bond acceptors (Lipinski definition) is 23. The molecule has 0 unspecified atom stereocenters. The quantitative estimate of drug-likeness (QED) is 0.0847. The fourth-order valence-corrected chi connectivity index (χ4v) is 10.0. The van der Waals surface area contributed by atoms with Gasteiger partial charge in [0, 0.05) is 74.4 Å². The second kappa shape index (κ2) is 33.2. The Balaban J connectivity index is 0.000000218. The summed E-state index contributed by atoms with van der Waals surface area (Å²) in [6.07, 6.45) is 18.8. The number of imidazole rings is 3. The molecule has 0 bridgehead atoms. The maximum atomic E-state index is 11.7. The number of nitrogen functional groups attached to an aromatic ring is 1. The first-order chi connectivity index (χ1) is 39.6. The van der Waals surface area contributed by atoms with E-state index in [0.717, 1.165) is 62.4 Å². The number of amides is 1. The van der Waals surface area contributed by atoms with Gasteiger partial charge in [0.25, 0.3) is 0 Å². The predicted octanol–water partition coefficient (Wildman–Crippen LogP) is 6.43. The molecule has 1 amide bonds. The second-order valence-corrected chi connectivity index (χ2v) is 23.2. The molecule has 13 rings (SSSR count). The van der Waals surface area contributed by atoms with Crippen molar-refractivity contribution in [2.45, 2.75) is 64.0 Å². The standard InChI is InChI=1S/C10H9BrClN3O.C10H11BrN4O.C10H12ClN3O2.C10H10ClN3O.C5H6ClN3.C4H8O.CO2.BHNS.H3N.H2O/c2*1-10(4-16-5-10)9-14-7(11)6-8(12)13-2-3-15(6)9;1-10(5-16-6-10)9(15)14-4-7-8(11)13-3-2-12-7;1-10(5-15-6-10)9-13-4-7-8(11)12-2-3-14(7)9;6-5-4(3-7)8-1-2-9-5;1-4-2-5-3-4;2-1-3;1-2-3;;/h2-3H,4-5H2,1H3;2-3H,4-5H2,1H3,(H2,12,13);2-3H,4-6H2,1H3,(H,14,15);2-4H,5-6H2,1H3;1-2H,3,7H2;4H,2-3H2,1H3;;3H;1H3;1H2. The molecule has 8 aromatic heterocycles. The minimum atomic E-state index is -0.408. The molecule has 0 atom stereocenters. The average molecular weight is 1400 g/mol. The zero-order valence-electron chi connectivity index (χ0n) is 46.6. The number of rotatable bonds is 7. The van der Waals surface area contributed by atoms with Gasteiger partial charge in [-0.3, -0.25) is 28.0 Å². The second-order valence-electron chi connectivity index (χ2n) is 20.0. The van der Waals surface area contributed by atoms with E-state index in [-0.39, 0.29) is 39.9 Å². The molecule has 13 heterocycles. The molecule has 5 saturated heterocycles. The zero-order chi connectivity index (χ0) is 60.5. The van der Waals surface area contributed by atoms with Crippen LogP contribution in [0.25, 0.3) is 16.6 Å². The van der Waals surface area contributed by atoms with Gasteiger partial charge >= 0.3 is 30.9 Å². The van der Waals surface area contributed by atoms with E-state index in [0.29, 0.717) is 104 Å². The Hall–Kier alpha value is -5.32. The Morgan fingerprint density at radius 3 is 1.48 bits per heavy atom. The Morgan fingerprint density at radius 1 is 0.671 bits per heavy atom. The summed E-state index contributed by atoms with van der Waals surface area (Å²) in [5, 5.41) is 4.42. The Morgan fingerprint density at radius 2 is 1.07 bits per heavy atom. The SMILES string of the molecule is CC1(C(=O)NCc2nccnc2Cl)COC1.CC1(c2nc(Br)c3c(Cl)nccn23)COC1.CC1(c2nc(Br)c3c(N)nccn23)COC1.CC1(c2ncc3c(Cl)nccn23)COC1.CC1COC1.N.NCc1nccnc1Cl.O.O=C=O.[B]=NS. The molecule has 10 N–H and O–H groups in total. The van der Waals surface area contributed by atoms with Gasteiger partial charge in [0.15, 0.2) is 26.4 Å². The number of nitrogens with zero attached hydrogens (tertiary/aromatic N) is 14. The van der Waals surface area contributed by atoms with Gasteiger partial charge in [-0.2, -0.15) is 9.59 Å². The number of nitrogens with one attached hydrogen (secondary N) is 1. The zero-order valence-corrected chi connectivity index (χ0v) is 53.7. The summed E-state index contributed by atoms with van der Waals surface area (Å²) >= 11 is 33.5. The molecule has 0 aliphatic carbocycles. The number of nitrogens with two attached hydrogens (primary N) is 2. The van der Waals surface area contributed by atoms with Gasteiger partial charge in [0.05, 0.1) is 112 Å². The number of thiol groups is 1. The molecule has 0 spiro atoms. The molecule has 0 saturated carbocycles. The summed E-state index contributed by atoms with van der Waals surface area (Å²) in [6.45, 7) is 18.2. The van der Waals surface area contributed by atoms with Gasteiger partial charge in [0.1, 0.15) is 43.2 Å². The van der Waals surface area contributed by atoms with Gasteiger partial charge in [-0.1, -0.05) is 53.3 Å². The fourth-order valence-electron chi connectivity index (χ4n) is 8.01. The van der Waals surface area contributed by atoms with E-state index in [2.05, 4.69) is 139 Å². The van der Waals surface area contributed by atoms with E-state index in [9.17, 15) is 4.79 Å². The van der Waals surface area contributed by atoms with Gasteiger partial charge in [-0.15, -0.1) is 0 Å². The number of anilines is 1. The molecule has 5 aliphatic heterocycles. The number of fused-ring (bicyclic) bond motifs is 3. The molecule has 8 aromatic rings. The number of carbonyl (C=O) groups is 1. The van der Waals surface area contributed by atoms with Crippen molar-refractivity contribution in [1.29, 1.82) is 0 Å². The molecule has 457 valence electrons. The Bertz CT molecular complexity index is 3410. The molecule has 5 fully saturated rings. The van der Waals surface area contributed by atoms with Crippen LogP contribution in [0, 0.1) is 11.3 Å². The molecular weight excluding hydrogens is 1340 g/mol. The summed E-state index contributed by atoms with van der Waals surface area (Å²) in [6, 6.07) is 0. The molecular formula is C50H62BBr2Cl4N18O9S. The summed E-state index contributed by atoms with van der Waals surface area (Å²) < 4.78 is 35.7. The third kappa shape index (κ3) is 17.9. The van der Waals surface area contributed by atoms with Crippen molar-refractivity contribution in [3.8, 4) is 0 Å². The first-order valence-electron chi connectivity index (χ1n) is 24.9. The monoisotopic (exact) mass is 1400 g/mol. The molecule has 27 nitrogen and oxygen atoms in total. The van der Waals surface area contributed by atoms with Crippen LogP contribution in [0.15, 0.2) is 81.7 Å². The fraction of sp³-hybridized carbons (Fsp3) is 0.440. The minimum absolute atomic E-state index is 0. The van der Waals surface area contributed by atoms with Gasteiger partial charge in [-0.05, 0) is 59.6 Å². The van der Waals surface area contributed by atoms with Crippen LogP contribution >= 0.6 is 91.1 Å². The Kier molecular flexibility index (Phi) is 28.1. The van der Waals surface area contributed by atoms with Crippen LogP contribution < -0.4 is 22.9 Å². The number of carbonyl (C=O) groups excluding carboxylic acids is 3. The first kappa shape index (κ1) is 72.2. The van der Waals surface area contributed by atoms with Gasteiger partial charge in [0.2, 0.25) is 5.91 Å². The molecule has 5 aliphatic rings. The molecule has 85 heavy (non-hydrogen) atoms. The van der Waals surface area contributed by atoms with Gasteiger partial charge in [-0.25, -0.2) is 39.9 Å². The molecule has 1 radical (unpaired) electrons. The number of halogens is 6. The van der Waals surface area contributed by atoms with E-state index in [1.165, 1.54) is 12.4 Å². The normalized spacial score (nSPS) is 16.5. The van der Waals surface area contributed by atoms with Crippen LogP contribution in [0.5, 0.6) is 0 Å². The van der Waals surface area contributed by atoms with E-state index in [1.54, 1.807) is 37.2 Å². The van der Waals surface area contributed by atoms with Crippen molar-refractivity contribution >= 4 is 133 Å². The number of aromatic nitrogens is 13. The van der Waals surface area contributed by atoms with Crippen LogP contribution in [0.4, 0.5) is 5.82 Å². The number of ether oxygens (including phenoxy) is 5. The Labute approximate surface area is 531 Å². The molecule has 0 aromatic carbocycles. The van der Waals surface area contributed by atoms with Crippen LogP contribution in [0.2, 0.25) is 20.6 Å². The summed E-state index contributed by atoms with van der Waals surface area (Å²) in [4.78, 5) is 69.2. The first-order valence-corrected chi connectivity index (χ1v) is 28.4. The average Bonchev–Trinajstić information content (AvgIpc) is 1.79. The van der Waals surface area contributed by atoms with Crippen molar-refractivity contribution in [1.82, 2.24) is 74.5 Å². The summed E-state index contributed by atoms with van der Waals surface area (Å²) in [5.41, 5.74) is 14.3. The van der Waals surface area contributed by atoms with Crippen molar-refractivity contribution < 1.29 is 43.5 Å². The summed E-state index contributed by atoms with van der Waals surface area (Å²) in [5.74, 6) is 4.21. The summed E-state index contributed by atoms with van der Waals surface area (Å²) in [7, 11) is 4.34. The third-order valence-corrected chi connectivity index (χ3v) is 15.1. The van der Waals surface area contributed by atoms with E-state index < -0.39 is 5.41 Å². The van der Waals surface area contributed by atoms with E-state index in [4.69, 9.17) is 91.1 Å². The van der Waals surface area contributed by atoms with Crippen LogP contribution in [0.3, 0.4) is 0 Å². The topological polar surface area (TPSA) is 382 Å². The van der Waals surface area contributed by atoms with Crippen LogP contribution in [0.1, 0.15) is 63.5 Å². The number of hydrogen-bond donors (Lipinski definition) is 5. The van der Waals surface area contributed by atoms with Gasteiger partial charge < -0.3 is 52.1 Å². The predicted molar refractivity (Wildman–Crippen MR) is 327 cm³/mol. The van der Waals surface area contributed by atoms with Crippen molar-refractivity contribution in [2.75, 3.05) is 71.8 Å². The van der Waals surface area contributed by atoms with Crippen molar-refractivity contribution in [3.05, 3.63) is 127 Å². The van der Waals surface area contributed by atoms with Crippen molar-refractivity contribution in [2.24, 2.45) is 21.4 Å². The maximum absolute atomic E-state index is 11.7. The molecule has 35 heteroatoms. The van der Waals surface area contributed by atoms with Crippen molar-refractivity contribution in [3.63, 3.8) is 0 Å². The third-order valence-electron chi connectivity index (χ3n) is 12.8. The van der Waals surface area contributed by atoms with Crippen LogP contribution in [-0.2, 0) is 67.4 Å².